The van der Waals surface area contributed by atoms with Gasteiger partial charge >= 0.3 is 0 Å². The molecule has 6 heteroatoms. The number of hydrogen-bond acceptors (Lipinski definition) is 5. The van der Waals surface area contributed by atoms with E-state index >= 15 is 0 Å². The number of aromatic nitrogens is 2. The Kier molecular flexibility index (Phi) is 6.86. The summed E-state index contributed by atoms with van der Waals surface area (Å²) in [6.45, 7) is 4.05. The van der Waals surface area contributed by atoms with Crippen molar-refractivity contribution in [3.63, 3.8) is 0 Å². The van der Waals surface area contributed by atoms with Crippen LogP contribution in [0.1, 0.15) is 37.3 Å². The summed E-state index contributed by atoms with van der Waals surface area (Å²) in [7, 11) is 0. The molecule has 2 aromatic rings. The molecule has 0 saturated heterocycles. The predicted octanol–water partition coefficient (Wildman–Crippen LogP) is 4.35. The second-order valence-corrected chi connectivity index (χ2v) is 7.03. The van der Waals surface area contributed by atoms with E-state index in [1.807, 2.05) is 32.0 Å². The Morgan fingerprint density at radius 3 is 2.59 bits per heavy atom. The quantitative estimate of drug-likeness (QED) is 0.779. The Labute approximate surface area is 139 Å². The highest BCUT2D eigenvalue weighted by molar-refractivity contribution is 7.97. The van der Waals surface area contributed by atoms with Gasteiger partial charge in [0.2, 0.25) is 11.0 Å². The van der Waals surface area contributed by atoms with Crippen LogP contribution >= 0.6 is 23.1 Å². The lowest BCUT2D eigenvalue weighted by atomic mass is 10.0. The fraction of sp³-hybridized carbons (Fsp3) is 0.438. The molecule has 22 heavy (non-hydrogen) atoms. The van der Waals surface area contributed by atoms with E-state index in [0.29, 0.717) is 5.13 Å². The standard InChI is InChI=1S/C16H21N3OS2/c1-3-13(4-2)15(20)17-16-19-18-14(22-16)11-21-10-12-8-6-5-7-9-12/h5-9,13H,3-4,10-11H2,1-2H3,(H,17,19,20). The number of anilines is 1. The van der Waals surface area contributed by atoms with Crippen LogP contribution in [0.25, 0.3) is 0 Å². The molecular formula is C16H21N3OS2. The van der Waals surface area contributed by atoms with Gasteiger partial charge in [0, 0.05) is 17.4 Å². The van der Waals surface area contributed by atoms with Gasteiger partial charge < -0.3 is 5.32 Å². The molecule has 1 aromatic carbocycles. The molecule has 1 aromatic heterocycles. The summed E-state index contributed by atoms with van der Waals surface area (Å²) in [5.41, 5.74) is 1.30. The molecule has 0 aliphatic carbocycles. The van der Waals surface area contributed by atoms with E-state index in [2.05, 4.69) is 27.6 Å². The molecule has 2 rings (SSSR count). The second-order valence-electron chi connectivity index (χ2n) is 4.98. The van der Waals surface area contributed by atoms with Crippen LogP contribution in [0.15, 0.2) is 30.3 Å². The summed E-state index contributed by atoms with van der Waals surface area (Å²) in [6, 6.07) is 10.4. The first-order valence-electron chi connectivity index (χ1n) is 7.47. The number of nitrogens with one attached hydrogen (secondary N) is 1. The first-order chi connectivity index (χ1) is 10.7. The maximum Gasteiger partial charge on any atom is 0.229 e. The molecule has 0 saturated carbocycles. The van der Waals surface area contributed by atoms with E-state index in [1.165, 1.54) is 16.9 Å². The lowest BCUT2D eigenvalue weighted by molar-refractivity contribution is -0.120. The fourth-order valence-corrected chi connectivity index (χ4v) is 3.85. The minimum Gasteiger partial charge on any atom is -0.300 e. The summed E-state index contributed by atoms with van der Waals surface area (Å²) in [5, 5.41) is 12.6. The van der Waals surface area contributed by atoms with Gasteiger partial charge in [-0.25, -0.2) is 0 Å². The Morgan fingerprint density at radius 2 is 1.91 bits per heavy atom. The Morgan fingerprint density at radius 1 is 1.18 bits per heavy atom. The van der Waals surface area contributed by atoms with Crippen molar-refractivity contribution >= 4 is 34.1 Å². The minimum absolute atomic E-state index is 0.0460. The molecule has 0 aliphatic rings. The number of hydrogen-bond donors (Lipinski definition) is 1. The first kappa shape index (κ1) is 17.0. The summed E-state index contributed by atoms with van der Waals surface area (Å²) in [5.74, 6) is 1.87. The molecule has 0 unspecified atom stereocenters. The van der Waals surface area contributed by atoms with Gasteiger partial charge in [-0.1, -0.05) is 55.5 Å². The number of carbonyl (C=O) groups is 1. The molecule has 0 aliphatic heterocycles. The number of amides is 1. The number of rotatable bonds is 8. The van der Waals surface area contributed by atoms with Crippen LogP contribution in [-0.4, -0.2) is 16.1 Å². The molecule has 0 bridgehead atoms. The monoisotopic (exact) mass is 335 g/mol. The van der Waals surface area contributed by atoms with E-state index in [1.54, 1.807) is 11.8 Å². The van der Waals surface area contributed by atoms with E-state index in [0.717, 1.165) is 29.4 Å². The molecule has 1 amide bonds. The maximum atomic E-state index is 12.0. The highest BCUT2D eigenvalue weighted by Gasteiger charge is 2.16. The largest absolute Gasteiger partial charge is 0.300 e. The molecule has 1 N–H and O–H groups in total. The van der Waals surface area contributed by atoms with Crippen LogP contribution in [0.4, 0.5) is 5.13 Å². The average molecular weight is 335 g/mol. The highest BCUT2D eigenvalue weighted by Crippen LogP contribution is 2.23. The lowest BCUT2D eigenvalue weighted by Crippen LogP contribution is -2.21. The third-order valence-electron chi connectivity index (χ3n) is 3.39. The summed E-state index contributed by atoms with van der Waals surface area (Å²) in [6.07, 6.45) is 1.70. The summed E-state index contributed by atoms with van der Waals surface area (Å²) in [4.78, 5) is 12.0. The van der Waals surface area contributed by atoms with Gasteiger partial charge in [-0.15, -0.1) is 22.0 Å². The number of thioether (sulfide) groups is 1. The van der Waals surface area contributed by atoms with Crippen molar-refractivity contribution in [2.75, 3.05) is 5.32 Å². The number of nitrogens with zero attached hydrogens (tertiary/aromatic N) is 2. The SMILES string of the molecule is CCC(CC)C(=O)Nc1nnc(CSCc2ccccc2)s1. The minimum atomic E-state index is 0.0460. The zero-order valence-electron chi connectivity index (χ0n) is 12.9. The second kappa shape index (κ2) is 8.90. The van der Waals surface area contributed by atoms with Crippen molar-refractivity contribution in [2.24, 2.45) is 5.92 Å². The zero-order valence-corrected chi connectivity index (χ0v) is 14.5. The van der Waals surface area contributed by atoms with Gasteiger partial charge in [-0.05, 0) is 18.4 Å². The third kappa shape index (κ3) is 5.10. The highest BCUT2D eigenvalue weighted by atomic mass is 32.2. The van der Waals surface area contributed by atoms with Gasteiger partial charge in [-0.2, -0.15) is 0 Å². The third-order valence-corrected chi connectivity index (χ3v) is 5.43. The van der Waals surface area contributed by atoms with Crippen molar-refractivity contribution in [3.05, 3.63) is 40.9 Å². The van der Waals surface area contributed by atoms with Crippen molar-refractivity contribution in [1.82, 2.24) is 10.2 Å². The molecule has 0 fully saturated rings. The van der Waals surface area contributed by atoms with Gasteiger partial charge in [0.1, 0.15) is 5.01 Å². The van der Waals surface area contributed by atoms with Crippen LogP contribution in [0.3, 0.4) is 0 Å². The van der Waals surface area contributed by atoms with Crippen molar-refractivity contribution in [2.45, 2.75) is 38.2 Å². The van der Waals surface area contributed by atoms with E-state index < -0.39 is 0 Å². The van der Waals surface area contributed by atoms with Gasteiger partial charge in [-0.3, -0.25) is 4.79 Å². The topological polar surface area (TPSA) is 54.9 Å². The Bertz CT molecular complexity index is 582. The normalized spacial score (nSPS) is 10.9. The van der Waals surface area contributed by atoms with E-state index in [9.17, 15) is 4.79 Å². The van der Waals surface area contributed by atoms with Crippen molar-refractivity contribution < 1.29 is 4.79 Å². The van der Waals surface area contributed by atoms with Crippen molar-refractivity contribution in [1.29, 1.82) is 0 Å². The molecule has 0 radical (unpaired) electrons. The van der Waals surface area contributed by atoms with Crippen LogP contribution in [0, 0.1) is 5.92 Å². The van der Waals surface area contributed by atoms with E-state index in [-0.39, 0.29) is 11.8 Å². The summed E-state index contributed by atoms with van der Waals surface area (Å²) >= 11 is 3.26. The Hall–Kier alpha value is -1.40. The van der Waals surface area contributed by atoms with Crippen LogP contribution in [0.5, 0.6) is 0 Å². The fourth-order valence-electron chi connectivity index (χ4n) is 2.06. The predicted molar refractivity (Wildman–Crippen MR) is 94.1 cm³/mol. The van der Waals surface area contributed by atoms with Crippen molar-refractivity contribution in [3.8, 4) is 0 Å². The van der Waals surface area contributed by atoms with Crippen LogP contribution in [0.2, 0.25) is 0 Å². The summed E-state index contributed by atoms with van der Waals surface area (Å²) < 4.78 is 0. The number of carbonyl (C=O) groups excluding carboxylic acids is 1. The zero-order chi connectivity index (χ0) is 15.8. The van der Waals surface area contributed by atoms with E-state index in [4.69, 9.17) is 0 Å². The number of benzene rings is 1. The smallest absolute Gasteiger partial charge is 0.229 e. The van der Waals surface area contributed by atoms with Gasteiger partial charge in [0.05, 0.1) is 0 Å². The lowest BCUT2D eigenvalue weighted by Gasteiger charge is -2.09. The molecular weight excluding hydrogens is 314 g/mol. The van der Waals surface area contributed by atoms with Crippen LogP contribution < -0.4 is 5.32 Å². The maximum absolute atomic E-state index is 12.0. The van der Waals surface area contributed by atoms with Gasteiger partial charge in [0.25, 0.3) is 0 Å². The first-order valence-corrected chi connectivity index (χ1v) is 9.45. The van der Waals surface area contributed by atoms with Gasteiger partial charge in [0.15, 0.2) is 0 Å². The molecule has 0 atom stereocenters. The molecule has 4 nitrogen and oxygen atoms in total. The molecule has 118 valence electrons. The van der Waals surface area contributed by atoms with Crippen LogP contribution in [-0.2, 0) is 16.3 Å². The molecule has 0 spiro atoms. The average Bonchev–Trinajstić information content (AvgIpc) is 2.97. The Balaban J connectivity index is 1.80. The molecule has 1 heterocycles.